The lowest BCUT2D eigenvalue weighted by atomic mass is 10.1. The van der Waals surface area contributed by atoms with E-state index >= 15 is 0 Å². The SMILES string of the molecule is CC#CCn1c(N2CCCC(NC(=O)OC(C)(C)C)C2)nc2cnn(Cc3nc(C)cc4ccccc34)c(=O)c21. The number of alkyl carbamates (subject to hydrolysis) is 1. The number of hydrogen-bond acceptors (Lipinski definition) is 7. The summed E-state index contributed by atoms with van der Waals surface area (Å²) in [7, 11) is 0. The van der Waals surface area contributed by atoms with Crippen LogP contribution in [0, 0.1) is 18.8 Å². The Morgan fingerprint density at radius 1 is 1.23 bits per heavy atom. The van der Waals surface area contributed by atoms with E-state index in [0.717, 1.165) is 41.5 Å². The zero-order chi connectivity index (χ0) is 28.4. The fourth-order valence-corrected chi connectivity index (χ4v) is 5.16. The van der Waals surface area contributed by atoms with Crippen molar-refractivity contribution in [2.75, 3.05) is 18.0 Å². The Labute approximate surface area is 233 Å². The molecular formula is C30H35N7O3. The number of hydrogen-bond donors (Lipinski definition) is 1. The number of amides is 1. The number of ether oxygens (including phenoxy) is 1. The molecule has 4 heterocycles. The minimum atomic E-state index is -0.571. The minimum Gasteiger partial charge on any atom is -0.444 e. The van der Waals surface area contributed by atoms with Crippen molar-refractivity contribution in [2.24, 2.45) is 0 Å². The van der Waals surface area contributed by atoms with Crippen molar-refractivity contribution in [1.29, 1.82) is 0 Å². The summed E-state index contributed by atoms with van der Waals surface area (Å²) in [5, 5.41) is 9.52. The Kier molecular flexibility index (Phi) is 7.48. The highest BCUT2D eigenvalue weighted by atomic mass is 16.6. The third kappa shape index (κ3) is 5.78. The van der Waals surface area contributed by atoms with Crippen LogP contribution in [0.2, 0.25) is 0 Å². The molecule has 0 bridgehead atoms. The molecule has 10 heteroatoms. The van der Waals surface area contributed by atoms with E-state index in [-0.39, 0.29) is 18.1 Å². The van der Waals surface area contributed by atoms with Crippen LogP contribution in [-0.4, -0.2) is 55.1 Å². The molecule has 0 radical (unpaired) electrons. The fourth-order valence-electron chi connectivity index (χ4n) is 5.16. The summed E-state index contributed by atoms with van der Waals surface area (Å²) in [6.07, 6.45) is 2.89. The molecule has 1 aliphatic rings. The molecule has 1 atom stereocenters. The van der Waals surface area contributed by atoms with Gasteiger partial charge >= 0.3 is 6.09 Å². The smallest absolute Gasteiger partial charge is 0.407 e. The van der Waals surface area contributed by atoms with Crippen LogP contribution in [0.5, 0.6) is 0 Å². The van der Waals surface area contributed by atoms with E-state index in [1.165, 1.54) is 4.68 Å². The molecule has 208 valence electrons. The first-order valence-electron chi connectivity index (χ1n) is 13.6. The second-order valence-electron chi connectivity index (χ2n) is 11.1. The zero-order valence-corrected chi connectivity index (χ0v) is 23.7. The summed E-state index contributed by atoms with van der Waals surface area (Å²) >= 11 is 0. The Morgan fingerprint density at radius 2 is 2.02 bits per heavy atom. The third-order valence-electron chi connectivity index (χ3n) is 6.82. The summed E-state index contributed by atoms with van der Waals surface area (Å²) in [5.41, 5.74) is 1.81. The molecule has 0 saturated carbocycles. The number of pyridine rings is 1. The van der Waals surface area contributed by atoms with Crippen molar-refractivity contribution in [1.82, 2.24) is 29.6 Å². The van der Waals surface area contributed by atoms with Crippen LogP contribution in [0.25, 0.3) is 21.8 Å². The maximum atomic E-state index is 13.8. The van der Waals surface area contributed by atoms with E-state index in [2.05, 4.69) is 27.2 Å². The second-order valence-corrected chi connectivity index (χ2v) is 11.1. The Balaban J connectivity index is 1.49. The highest BCUT2D eigenvalue weighted by molar-refractivity contribution is 5.85. The molecule has 10 nitrogen and oxygen atoms in total. The van der Waals surface area contributed by atoms with E-state index in [9.17, 15) is 9.59 Å². The van der Waals surface area contributed by atoms with Crippen molar-refractivity contribution < 1.29 is 9.53 Å². The predicted molar refractivity (Wildman–Crippen MR) is 155 cm³/mol. The molecular weight excluding hydrogens is 506 g/mol. The standard InChI is InChI=1S/C30H35N7O3/c1-6-7-15-36-26-24(34-28(36)35-14-10-12-22(18-35)33-29(39)40-30(3,4)5)17-31-37(27(26)38)19-25-23-13-9-8-11-21(23)16-20(2)32-25/h8-9,11,13,16-17,22H,10,12,14-15,18-19H2,1-5H3,(H,33,39). The van der Waals surface area contributed by atoms with Crippen molar-refractivity contribution in [2.45, 2.75) is 72.2 Å². The molecule has 0 aliphatic carbocycles. The largest absolute Gasteiger partial charge is 0.444 e. The third-order valence-corrected chi connectivity index (χ3v) is 6.82. The van der Waals surface area contributed by atoms with Gasteiger partial charge in [-0.05, 0) is 58.9 Å². The number of carbonyl (C=O) groups is 1. The van der Waals surface area contributed by atoms with Crippen molar-refractivity contribution in [3.8, 4) is 11.8 Å². The number of aryl methyl sites for hydroxylation is 1. The lowest BCUT2D eigenvalue weighted by Gasteiger charge is -2.34. The molecule has 1 N–H and O–H groups in total. The van der Waals surface area contributed by atoms with E-state index in [1.54, 1.807) is 13.1 Å². The average molecular weight is 542 g/mol. The molecule has 1 aliphatic heterocycles. The highest BCUT2D eigenvalue weighted by Gasteiger charge is 2.28. The summed E-state index contributed by atoms with van der Waals surface area (Å²) in [5.74, 6) is 6.67. The number of aromatic nitrogens is 5. The van der Waals surface area contributed by atoms with E-state index in [0.29, 0.717) is 30.1 Å². The van der Waals surface area contributed by atoms with Gasteiger partial charge in [0.2, 0.25) is 5.95 Å². The number of imidazole rings is 1. The topological polar surface area (TPSA) is 107 Å². The lowest BCUT2D eigenvalue weighted by Crippen LogP contribution is -2.49. The quantitative estimate of drug-likeness (QED) is 0.381. The molecule has 1 aromatic carbocycles. The van der Waals surface area contributed by atoms with Gasteiger partial charge in [-0.1, -0.05) is 30.2 Å². The summed E-state index contributed by atoms with van der Waals surface area (Å²) in [6.45, 7) is 11.1. The van der Waals surface area contributed by atoms with Crippen LogP contribution in [-0.2, 0) is 17.8 Å². The van der Waals surface area contributed by atoms with Gasteiger partial charge in [0.15, 0.2) is 0 Å². The van der Waals surface area contributed by atoms with Gasteiger partial charge in [0, 0.05) is 30.2 Å². The maximum Gasteiger partial charge on any atom is 0.407 e. The first-order chi connectivity index (χ1) is 19.1. The summed E-state index contributed by atoms with van der Waals surface area (Å²) < 4.78 is 8.76. The number of benzene rings is 1. The number of rotatable bonds is 5. The van der Waals surface area contributed by atoms with Gasteiger partial charge in [0.05, 0.1) is 25.0 Å². The van der Waals surface area contributed by atoms with Gasteiger partial charge in [-0.3, -0.25) is 14.3 Å². The van der Waals surface area contributed by atoms with Crippen molar-refractivity contribution >= 4 is 33.8 Å². The molecule has 1 unspecified atom stereocenters. The number of anilines is 1. The van der Waals surface area contributed by atoms with Gasteiger partial charge in [-0.15, -0.1) is 5.92 Å². The van der Waals surface area contributed by atoms with Crippen LogP contribution in [0.3, 0.4) is 0 Å². The van der Waals surface area contributed by atoms with Gasteiger partial charge < -0.3 is 15.0 Å². The molecule has 1 fully saturated rings. The zero-order valence-electron chi connectivity index (χ0n) is 23.7. The van der Waals surface area contributed by atoms with Crippen LogP contribution >= 0.6 is 0 Å². The van der Waals surface area contributed by atoms with Crippen LogP contribution in [0.1, 0.15) is 51.9 Å². The number of fused-ring (bicyclic) bond motifs is 2. The Morgan fingerprint density at radius 3 is 2.80 bits per heavy atom. The normalized spacial score (nSPS) is 15.6. The first kappa shape index (κ1) is 27.2. The Bertz CT molecular complexity index is 1690. The van der Waals surface area contributed by atoms with Crippen molar-refractivity contribution in [3.05, 3.63) is 58.3 Å². The van der Waals surface area contributed by atoms with Crippen LogP contribution in [0.15, 0.2) is 41.3 Å². The number of nitrogens with zero attached hydrogens (tertiary/aromatic N) is 6. The van der Waals surface area contributed by atoms with Gasteiger partial charge in [0.1, 0.15) is 16.6 Å². The van der Waals surface area contributed by atoms with Gasteiger partial charge in [-0.2, -0.15) is 5.10 Å². The predicted octanol–water partition coefficient (Wildman–Crippen LogP) is 4.01. The van der Waals surface area contributed by atoms with Crippen LogP contribution < -0.4 is 15.8 Å². The molecule has 40 heavy (non-hydrogen) atoms. The molecule has 3 aromatic heterocycles. The fraction of sp³-hybridized carbons (Fsp3) is 0.433. The number of piperidine rings is 1. The molecule has 1 saturated heterocycles. The Hall–Kier alpha value is -4.39. The molecule has 4 aromatic rings. The summed E-state index contributed by atoms with van der Waals surface area (Å²) in [6, 6.07) is 9.94. The number of nitrogens with one attached hydrogen (secondary N) is 1. The second kappa shape index (κ2) is 11.0. The first-order valence-corrected chi connectivity index (χ1v) is 13.6. The van der Waals surface area contributed by atoms with E-state index in [1.807, 2.05) is 62.6 Å². The van der Waals surface area contributed by atoms with Crippen molar-refractivity contribution in [3.63, 3.8) is 0 Å². The van der Waals surface area contributed by atoms with Gasteiger partial charge in [0.25, 0.3) is 5.56 Å². The number of carbonyl (C=O) groups excluding carboxylic acids is 1. The highest BCUT2D eigenvalue weighted by Crippen LogP contribution is 2.24. The molecule has 1 amide bonds. The minimum absolute atomic E-state index is 0.107. The maximum absolute atomic E-state index is 13.8. The van der Waals surface area contributed by atoms with Crippen LogP contribution in [0.4, 0.5) is 10.7 Å². The molecule has 0 spiro atoms. The van der Waals surface area contributed by atoms with E-state index < -0.39 is 11.7 Å². The monoisotopic (exact) mass is 541 g/mol. The average Bonchev–Trinajstić information content (AvgIpc) is 3.27. The van der Waals surface area contributed by atoms with Gasteiger partial charge in [-0.25, -0.2) is 14.5 Å². The molecule has 5 rings (SSSR count). The van der Waals surface area contributed by atoms with E-state index in [4.69, 9.17) is 14.7 Å². The lowest BCUT2D eigenvalue weighted by molar-refractivity contribution is 0.0499. The summed E-state index contributed by atoms with van der Waals surface area (Å²) in [4.78, 5) is 37.9.